The molecule has 0 bridgehead atoms. The molecule has 0 aliphatic carbocycles. The van der Waals surface area contributed by atoms with E-state index in [4.69, 9.17) is 21.1 Å². The van der Waals surface area contributed by atoms with Gasteiger partial charge in [-0.1, -0.05) is 11.6 Å². The van der Waals surface area contributed by atoms with E-state index in [0.29, 0.717) is 17.3 Å². The third kappa shape index (κ3) is 8.20. The zero-order valence-electron chi connectivity index (χ0n) is 14.1. The van der Waals surface area contributed by atoms with Gasteiger partial charge in [-0.25, -0.2) is 0 Å². The third-order valence-electron chi connectivity index (χ3n) is 3.71. The van der Waals surface area contributed by atoms with Crippen LogP contribution >= 0.6 is 11.6 Å². The fraction of sp³-hybridized carbons (Fsp3) is 0.529. The summed E-state index contributed by atoms with van der Waals surface area (Å²) in [6, 6.07) is 6.71. The van der Waals surface area contributed by atoms with Gasteiger partial charge in [-0.05, 0) is 37.2 Å². The van der Waals surface area contributed by atoms with Gasteiger partial charge in [0.1, 0.15) is 5.75 Å². The molecule has 2 rings (SSSR count). The van der Waals surface area contributed by atoms with Gasteiger partial charge in [-0.15, -0.1) is 0 Å². The zero-order valence-corrected chi connectivity index (χ0v) is 14.9. The Kier molecular flexibility index (Phi) is 8.51. The summed E-state index contributed by atoms with van der Waals surface area (Å²) < 4.78 is 10.6. The van der Waals surface area contributed by atoms with E-state index in [9.17, 15) is 9.59 Å². The van der Waals surface area contributed by atoms with Gasteiger partial charge < -0.3 is 20.1 Å². The highest BCUT2D eigenvalue weighted by atomic mass is 35.5. The number of hydrogen-bond acceptors (Lipinski definition) is 5. The summed E-state index contributed by atoms with van der Waals surface area (Å²) in [5.74, 6) is -0.00708. The fourth-order valence-electron chi connectivity index (χ4n) is 2.33. The van der Waals surface area contributed by atoms with E-state index in [1.54, 1.807) is 24.3 Å². The average Bonchev–Trinajstić information content (AvgIpc) is 2.64. The van der Waals surface area contributed by atoms with Crippen LogP contribution in [-0.2, 0) is 14.3 Å². The lowest BCUT2D eigenvalue weighted by molar-refractivity contribution is -0.127. The van der Waals surface area contributed by atoms with Crippen LogP contribution in [0.15, 0.2) is 24.3 Å². The highest BCUT2D eigenvalue weighted by Crippen LogP contribution is 2.15. The number of amides is 2. The zero-order chi connectivity index (χ0) is 17.9. The SMILES string of the molecule is O=C(CNC(=O)COc1ccc(Cl)cc1)NCCCN1CCOCC1. The first-order valence-electron chi connectivity index (χ1n) is 8.35. The Hall–Kier alpha value is -1.83. The molecule has 1 fully saturated rings. The molecule has 1 aliphatic heterocycles. The van der Waals surface area contributed by atoms with E-state index >= 15 is 0 Å². The molecule has 1 heterocycles. The van der Waals surface area contributed by atoms with Crippen molar-refractivity contribution in [2.45, 2.75) is 6.42 Å². The van der Waals surface area contributed by atoms with Crippen LogP contribution in [0.5, 0.6) is 5.75 Å². The van der Waals surface area contributed by atoms with Crippen LogP contribution in [0.1, 0.15) is 6.42 Å². The van der Waals surface area contributed by atoms with E-state index in [1.165, 1.54) is 0 Å². The summed E-state index contributed by atoms with van der Waals surface area (Å²) in [7, 11) is 0. The number of morpholine rings is 1. The predicted molar refractivity (Wildman–Crippen MR) is 94.8 cm³/mol. The lowest BCUT2D eigenvalue weighted by Crippen LogP contribution is -2.41. The molecule has 0 atom stereocenters. The highest BCUT2D eigenvalue weighted by Gasteiger charge is 2.10. The molecule has 0 unspecified atom stereocenters. The molecule has 2 N–H and O–H groups in total. The van der Waals surface area contributed by atoms with Crippen LogP contribution in [-0.4, -0.2) is 69.3 Å². The Labute approximate surface area is 152 Å². The van der Waals surface area contributed by atoms with Crippen molar-refractivity contribution in [1.29, 1.82) is 0 Å². The summed E-state index contributed by atoms with van der Waals surface area (Å²) in [4.78, 5) is 25.7. The lowest BCUT2D eigenvalue weighted by atomic mass is 10.3. The van der Waals surface area contributed by atoms with Gasteiger partial charge in [0.2, 0.25) is 5.91 Å². The molecule has 0 aromatic heterocycles. The maximum atomic E-state index is 11.7. The molecule has 0 spiro atoms. The van der Waals surface area contributed by atoms with Crippen LogP contribution in [0.3, 0.4) is 0 Å². The van der Waals surface area contributed by atoms with Crippen molar-refractivity contribution in [3.63, 3.8) is 0 Å². The number of nitrogens with one attached hydrogen (secondary N) is 2. The van der Waals surface area contributed by atoms with Crippen LogP contribution in [0, 0.1) is 0 Å². The molecule has 2 amide bonds. The number of rotatable bonds is 9. The van der Waals surface area contributed by atoms with Gasteiger partial charge in [0.25, 0.3) is 5.91 Å². The van der Waals surface area contributed by atoms with E-state index in [1.807, 2.05) is 0 Å². The Morgan fingerprint density at radius 3 is 2.56 bits per heavy atom. The van der Waals surface area contributed by atoms with Crippen LogP contribution in [0.4, 0.5) is 0 Å². The van der Waals surface area contributed by atoms with Crippen LogP contribution in [0.25, 0.3) is 0 Å². The number of hydrogen-bond donors (Lipinski definition) is 2. The fourth-order valence-corrected chi connectivity index (χ4v) is 2.45. The molecule has 0 saturated carbocycles. The van der Waals surface area contributed by atoms with Crippen molar-refractivity contribution in [3.05, 3.63) is 29.3 Å². The summed E-state index contributed by atoms with van der Waals surface area (Å²) in [6.45, 7) is 4.76. The monoisotopic (exact) mass is 369 g/mol. The van der Waals surface area contributed by atoms with Crippen molar-refractivity contribution < 1.29 is 19.1 Å². The Morgan fingerprint density at radius 1 is 1.12 bits per heavy atom. The average molecular weight is 370 g/mol. The van der Waals surface area contributed by atoms with Gasteiger partial charge in [0.05, 0.1) is 19.8 Å². The maximum absolute atomic E-state index is 11.7. The number of nitrogens with zero attached hydrogens (tertiary/aromatic N) is 1. The summed E-state index contributed by atoms with van der Waals surface area (Å²) in [5, 5.41) is 5.92. The van der Waals surface area contributed by atoms with E-state index in [2.05, 4.69) is 15.5 Å². The second-order valence-electron chi connectivity index (χ2n) is 5.68. The second-order valence-corrected chi connectivity index (χ2v) is 6.11. The summed E-state index contributed by atoms with van der Waals surface area (Å²) >= 11 is 5.77. The third-order valence-corrected chi connectivity index (χ3v) is 3.96. The van der Waals surface area contributed by atoms with Crippen LogP contribution in [0.2, 0.25) is 5.02 Å². The second kappa shape index (κ2) is 10.9. The van der Waals surface area contributed by atoms with Crippen molar-refractivity contribution in [2.24, 2.45) is 0 Å². The highest BCUT2D eigenvalue weighted by molar-refractivity contribution is 6.30. The number of ether oxygens (including phenoxy) is 2. The maximum Gasteiger partial charge on any atom is 0.258 e. The number of carbonyl (C=O) groups is 2. The van der Waals surface area contributed by atoms with Gasteiger partial charge in [0, 0.05) is 24.7 Å². The molecule has 1 aromatic rings. The standard InChI is InChI=1S/C17H24ClN3O4/c18-14-2-4-15(5-3-14)25-13-17(23)20-12-16(22)19-6-1-7-21-8-10-24-11-9-21/h2-5H,1,6-13H2,(H,19,22)(H,20,23). The lowest BCUT2D eigenvalue weighted by Gasteiger charge is -2.26. The van der Waals surface area contributed by atoms with Crippen molar-refractivity contribution >= 4 is 23.4 Å². The molecule has 0 radical (unpaired) electrons. The molecule has 7 nitrogen and oxygen atoms in total. The van der Waals surface area contributed by atoms with Crippen LogP contribution < -0.4 is 15.4 Å². The minimum Gasteiger partial charge on any atom is -0.484 e. The molecule has 1 aromatic carbocycles. The first-order valence-corrected chi connectivity index (χ1v) is 8.73. The Morgan fingerprint density at radius 2 is 1.84 bits per heavy atom. The van der Waals surface area contributed by atoms with Gasteiger partial charge in [0.15, 0.2) is 6.61 Å². The number of carbonyl (C=O) groups excluding carboxylic acids is 2. The Bertz CT molecular complexity index is 547. The van der Waals surface area contributed by atoms with Crippen molar-refractivity contribution in [1.82, 2.24) is 15.5 Å². The van der Waals surface area contributed by atoms with Gasteiger partial charge in [-0.2, -0.15) is 0 Å². The molecule has 8 heteroatoms. The van der Waals surface area contributed by atoms with E-state index in [0.717, 1.165) is 39.3 Å². The van der Waals surface area contributed by atoms with Crippen molar-refractivity contribution in [3.8, 4) is 5.75 Å². The molecule has 25 heavy (non-hydrogen) atoms. The first-order chi connectivity index (χ1) is 12.1. The largest absolute Gasteiger partial charge is 0.484 e. The smallest absolute Gasteiger partial charge is 0.258 e. The first kappa shape index (κ1) is 19.5. The minimum atomic E-state index is -0.349. The predicted octanol–water partition coefficient (Wildman–Crippen LogP) is 0.673. The summed E-state index contributed by atoms with van der Waals surface area (Å²) in [6.07, 6.45) is 0.874. The number of halogens is 1. The molecule has 138 valence electrons. The molecule has 1 aliphatic rings. The Balaban J connectivity index is 1.50. The molecule has 1 saturated heterocycles. The molecular formula is C17H24ClN3O4. The van der Waals surface area contributed by atoms with Gasteiger partial charge in [-0.3, -0.25) is 14.5 Å². The quantitative estimate of drug-likeness (QED) is 0.625. The summed E-state index contributed by atoms with van der Waals surface area (Å²) in [5.41, 5.74) is 0. The topological polar surface area (TPSA) is 79.9 Å². The van der Waals surface area contributed by atoms with E-state index < -0.39 is 0 Å². The minimum absolute atomic E-state index is 0.0552. The molecular weight excluding hydrogens is 346 g/mol. The van der Waals surface area contributed by atoms with Crippen molar-refractivity contribution in [2.75, 3.05) is 52.5 Å². The normalized spacial score (nSPS) is 14.8. The number of benzene rings is 1. The van der Waals surface area contributed by atoms with E-state index in [-0.39, 0.29) is 25.0 Å². The van der Waals surface area contributed by atoms with Gasteiger partial charge >= 0.3 is 0 Å².